The van der Waals surface area contributed by atoms with Crippen LogP contribution in [-0.4, -0.2) is 9.55 Å². The lowest BCUT2D eigenvalue weighted by Gasteiger charge is -2.08. The molecule has 3 aromatic rings. The number of nitrogens with zero attached hydrogens (tertiary/aromatic N) is 2. The van der Waals surface area contributed by atoms with E-state index in [0.717, 1.165) is 21.2 Å². The third-order valence-electron chi connectivity index (χ3n) is 3.00. The Bertz CT molecular complexity index is 780. The minimum Gasteiger partial charge on any atom is -0.369 e. The number of imidazole rings is 1. The molecular formula is C14H11BrClN3. The summed E-state index contributed by atoms with van der Waals surface area (Å²) >= 11 is 9.45. The molecule has 5 heteroatoms. The number of aromatic nitrogens is 2. The van der Waals surface area contributed by atoms with Crippen molar-refractivity contribution in [2.75, 3.05) is 5.73 Å². The van der Waals surface area contributed by atoms with Gasteiger partial charge in [0.05, 0.1) is 21.7 Å². The Morgan fingerprint density at radius 2 is 2.00 bits per heavy atom. The van der Waals surface area contributed by atoms with Gasteiger partial charge in [0.15, 0.2) is 0 Å². The number of nitrogen functional groups attached to an aromatic ring is 1. The molecular weight excluding hydrogens is 326 g/mol. The number of hydrogen-bond acceptors (Lipinski definition) is 2. The van der Waals surface area contributed by atoms with Crippen LogP contribution in [0.1, 0.15) is 5.56 Å². The van der Waals surface area contributed by atoms with E-state index in [2.05, 4.69) is 27.0 Å². The lowest BCUT2D eigenvalue weighted by atomic mass is 10.2. The maximum atomic E-state index is 6.03. The summed E-state index contributed by atoms with van der Waals surface area (Å²) in [6.45, 7) is 2.05. The summed E-state index contributed by atoms with van der Waals surface area (Å²) < 4.78 is 2.75. The van der Waals surface area contributed by atoms with Crippen LogP contribution in [0.2, 0.25) is 5.02 Å². The molecule has 0 spiro atoms. The third kappa shape index (κ3) is 2.11. The molecule has 96 valence electrons. The Labute approximate surface area is 124 Å². The van der Waals surface area contributed by atoms with Gasteiger partial charge in [0.1, 0.15) is 0 Å². The lowest BCUT2D eigenvalue weighted by Crippen LogP contribution is -2.00. The van der Waals surface area contributed by atoms with Gasteiger partial charge >= 0.3 is 0 Å². The van der Waals surface area contributed by atoms with Crippen LogP contribution < -0.4 is 5.73 Å². The Kier molecular flexibility index (Phi) is 2.99. The maximum absolute atomic E-state index is 6.03. The first-order chi connectivity index (χ1) is 9.06. The van der Waals surface area contributed by atoms with Gasteiger partial charge in [0.2, 0.25) is 5.95 Å². The summed E-state index contributed by atoms with van der Waals surface area (Å²) in [5, 5.41) is 0.669. The van der Waals surface area contributed by atoms with Gasteiger partial charge < -0.3 is 5.73 Å². The molecule has 2 N–H and O–H groups in total. The molecule has 0 fully saturated rings. The largest absolute Gasteiger partial charge is 0.369 e. The average molecular weight is 337 g/mol. The summed E-state index contributed by atoms with van der Waals surface area (Å²) in [7, 11) is 0. The minimum absolute atomic E-state index is 0.467. The predicted molar refractivity (Wildman–Crippen MR) is 82.9 cm³/mol. The van der Waals surface area contributed by atoms with Gasteiger partial charge in [-0.15, -0.1) is 0 Å². The van der Waals surface area contributed by atoms with E-state index < -0.39 is 0 Å². The summed E-state index contributed by atoms with van der Waals surface area (Å²) in [5.41, 5.74) is 10.0. The van der Waals surface area contributed by atoms with E-state index in [0.29, 0.717) is 11.0 Å². The third-order valence-corrected chi connectivity index (χ3v) is 4.21. The van der Waals surface area contributed by atoms with Gasteiger partial charge in [0, 0.05) is 4.47 Å². The number of fused-ring (bicyclic) bond motifs is 1. The topological polar surface area (TPSA) is 43.8 Å². The molecule has 0 aliphatic rings. The highest BCUT2D eigenvalue weighted by atomic mass is 79.9. The molecule has 19 heavy (non-hydrogen) atoms. The number of rotatable bonds is 1. The zero-order chi connectivity index (χ0) is 13.6. The molecule has 1 heterocycles. The van der Waals surface area contributed by atoms with E-state index in [-0.39, 0.29) is 0 Å². The van der Waals surface area contributed by atoms with E-state index in [1.165, 1.54) is 5.56 Å². The Morgan fingerprint density at radius 1 is 1.21 bits per heavy atom. The van der Waals surface area contributed by atoms with E-state index >= 15 is 0 Å². The Balaban J connectivity index is 2.31. The molecule has 2 aromatic carbocycles. The van der Waals surface area contributed by atoms with Gasteiger partial charge in [-0.3, -0.25) is 4.57 Å². The average Bonchev–Trinajstić information content (AvgIpc) is 2.68. The van der Waals surface area contributed by atoms with Crippen molar-refractivity contribution in [2.24, 2.45) is 0 Å². The van der Waals surface area contributed by atoms with Gasteiger partial charge in [-0.05, 0) is 58.7 Å². The van der Waals surface area contributed by atoms with Crippen LogP contribution in [0.15, 0.2) is 40.9 Å². The fourth-order valence-corrected chi connectivity index (χ4v) is 2.58. The van der Waals surface area contributed by atoms with Crippen LogP contribution in [-0.2, 0) is 0 Å². The SMILES string of the molecule is Cc1ccc2nc(N)n(-c3ccc(Cl)c(Br)c3)c2c1. The van der Waals surface area contributed by atoms with Crippen molar-refractivity contribution in [1.29, 1.82) is 0 Å². The van der Waals surface area contributed by atoms with Crippen LogP contribution in [0.5, 0.6) is 0 Å². The monoisotopic (exact) mass is 335 g/mol. The standard InChI is InChI=1S/C14H11BrClN3/c1-8-2-5-12-13(6-8)19(14(17)18-12)9-3-4-11(16)10(15)7-9/h2-7H,1H3,(H2,17,18). The number of anilines is 1. The molecule has 3 nitrogen and oxygen atoms in total. The van der Waals surface area contributed by atoms with Gasteiger partial charge in [-0.25, -0.2) is 4.98 Å². The first kappa shape index (κ1) is 12.5. The van der Waals surface area contributed by atoms with Crippen molar-refractivity contribution in [3.63, 3.8) is 0 Å². The van der Waals surface area contributed by atoms with Crippen LogP contribution in [0, 0.1) is 6.92 Å². The highest BCUT2D eigenvalue weighted by molar-refractivity contribution is 9.10. The summed E-state index contributed by atoms with van der Waals surface area (Å²) in [6.07, 6.45) is 0. The van der Waals surface area contributed by atoms with Crippen molar-refractivity contribution in [2.45, 2.75) is 6.92 Å². The van der Waals surface area contributed by atoms with Crippen molar-refractivity contribution in [3.05, 3.63) is 51.5 Å². The quantitative estimate of drug-likeness (QED) is 0.718. The number of benzene rings is 2. The van der Waals surface area contributed by atoms with E-state index in [1.54, 1.807) is 0 Å². The molecule has 0 atom stereocenters. The second kappa shape index (κ2) is 4.54. The highest BCUT2D eigenvalue weighted by Gasteiger charge is 2.11. The fraction of sp³-hybridized carbons (Fsp3) is 0.0714. The van der Waals surface area contributed by atoms with E-state index in [1.807, 2.05) is 41.8 Å². The number of halogens is 2. The molecule has 0 radical (unpaired) electrons. The molecule has 0 unspecified atom stereocenters. The molecule has 0 bridgehead atoms. The first-order valence-electron chi connectivity index (χ1n) is 5.76. The molecule has 3 rings (SSSR count). The summed E-state index contributed by atoms with van der Waals surface area (Å²) in [5.74, 6) is 0.467. The number of nitrogens with two attached hydrogens (primary N) is 1. The summed E-state index contributed by atoms with van der Waals surface area (Å²) in [4.78, 5) is 4.38. The molecule has 0 aliphatic heterocycles. The molecule has 0 amide bonds. The second-order valence-corrected chi connectivity index (χ2v) is 5.66. The van der Waals surface area contributed by atoms with Crippen molar-refractivity contribution < 1.29 is 0 Å². The zero-order valence-electron chi connectivity index (χ0n) is 10.2. The van der Waals surface area contributed by atoms with Crippen molar-refractivity contribution >= 4 is 44.5 Å². The van der Waals surface area contributed by atoms with Crippen LogP contribution in [0.25, 0.3) is 16.7 Å². The van der Waals surface area contributed by atoms with Gasteiger partial charge in [0.25, 0.3) is 0 Å². The molecule has 0 saturated carbocycles. The van der Waals surface area contributed by atoms with Crippen LogP contribution >= 0.6 is 27.5 Å². The summed E-state index contributed by atoms with van der Waals surface area (Å²) in [6, 6.07) is 11.8. The van der Waals surface area contributed by atoms with E-state index in [4.69, 9.17) is 17.3 Å². The van der Waals surface area contributed by atoms with Crippen LogP contribution in [0.3, 0.4) is 0 Å². The van der Waals surface area contributed by atoms with Crippen LogP contribution in [0.4, 0.5) is 5.95 Å². The lowest BCUT2D eigenvalue weighted by molar-refractivity contribution is 1.11. The minimum atomic E-state index is 0.467. The van der Waals surface area contributed by atoms with Crippen molar-refractivity contribution in [3.8, 4) is 5.69 Å². The first-order valence-corrected chi connectivity index (χ1v) is 6.93. The van der Waals surface area contributed by atoms with Crippen molar-refractivity contribution in [1.82, 2.24) is 9.55 Å². The number of aryl methyl sites for hydroxylation is 1. The zero-order valence-corrected chi connectivity index (χ0v) is 12.5. The predicted octanol–water partition coefficient (Wildman–Crippen LogP) is 4.33. The van der Waals surface area contributed by atoms with Gasteiger partial charge in [-0.1, -0.05) is 17.7 Å². The molecule has 0 saturated heterocycles. The molecule has 0 aliphatic carbocycles. The highest BCUT2D eigenvalue weighted by Crippen LogP contribution is 2.29. The second-order valence-electron chi connectivity index (χ2n) is 4.40. The Hall–Kier alpha value is -1.52. The normalized spacial score (nSPS) is 11.1. The van der Waals surface area contributed by atoms with E-state index in [9.17, 15) is 0 Å². The molecule has 1 aromatic heterocycles. The fourth-order valence-electron chi connectivity index (χ4n) is 2.10. The van der Waals surface area contributed by atoms with Gasteiger partial charge in [-0.2, -0.15) is 0 Å². The number of hydrogen-bond donors (Lipinski definition) is 1. The Morgan fingerprint density at radius 3 is 2.74 bits per heavy atom. The smallest absolute Gasteiger partial charge is 0.205 e. The maximum Gasteiger partial charge on any atom is 0.205 e.